The van der Waals surface area contributed by atoms with Gasteiger partial charge in [-0.1, -0.05) is 125 Å². The predicted molar refractivity (Wildman–Crippen MR) is 196 cm³/mol. The van der Waals surface area contributed by atoms with E-state index in [1.807, 2.05) is 57.3 Å². The molecular weight excluding hydrogens is 526 g/mol. The minimum atomic E-state index is 0.580. The second-order valence-electron chi connectivity index (χ2n) is 10.2. The van der Waals surface area contributed by atoms with Crippen molar-refractivity contribution in [2.24, 2.45) is 0 Å². The highest BCUT2D eigenvalue weighted by Crippen LogP contribution is 2.19. The molecule has 3 aromatic rings. The molecule has 0 atom stereocenters. The van der Waals surface area contributed by atoms with Crippen LogP contribution in [0.3, 0.4) is 0 Å². The molecule has 3 rings (SSSR count). The van der Waals surface area contributed by atoms with Gasteiger partial charge in [0.05, 0.1) is 5.69 Å². The quantitative estimate of drug-likeness (QED) is 0.253. The van der Waals surface area contributed by atoms with E-state index in [0.717, 1.165) is 22.6 Å². The van der Waals surface area contributed by atoms with E-state index in [1.165, 1.54) is 70.0 Å². The lowest BCUT2D eigenvalue weighted by Gasteiger charge is -2.12. The largest absolute Gasteiger partial charge is 0.324 e. The molecule has 0 aliphatic heterocycles. The first kappa shape index (κ1) is 44.6. The number of nitrogens with one attached hydrogen (secondary N) is 1. The molecule has 0 fully saturated rings. The first-order chi connectivity index (χ1) is 20.8. The van der Waals surface area contributed by atoms with E-state index in [1.54, 1.807) is 6.20 Å². The third-order valence-corrected chi connectivity index (χ3v) is 5.88. The number of anilines is 2. The smallest absolute Gasteiger partial charge is 0.227 e. The van der Waals surface area contributed by atoms with Crippen molar-refractivity contribution in [3.05, 3.63) is 66.1 Å². The van der Waals surface area contributed by atoms with Crippen LogP contribution in [0.25, 0.3) is 11.3 Å². The Morgan fingerprint density at radius 3 is 1.49 bits per heavy atom. The molecule has 246 valence electrons. The zero-order chi connectivity index (χ0) is 33.3. The Balaban J connectivity index is -0.000000600. The second-order valence-corrected chi connectivity index (χ2v) is 10.2. The zero-order valence-electron chi connectivity index (χ0n) is 30.6. The van der Waals surface area contributed by atoms with Crippen molar-refractivity contribution in [3.8, 4) is 11.3 Å². The Kier molecular flexibility index (Phi) is 35.0. The van der Waals surface area contributed by atoms with E-state index in [4.69, 9.17) is 0 Å². The number of hydrogen-bond acceptors (Lipinski definition) is 5. The van der Waals surface area contributed by atoms with Crippen molar-refractivity contribution in [2.45, 2.75) is 134 Å². The third kappa shape index (κ3) is 27.8. The van der Waals surface area contributed by atoms with Gasteiger partial charge < -0.3 is 10.2 Å². The SMILES string of the molecule is CC.CCCC.CCCC.CCCC.CCCN(C)CCC.Cc1ccc(Nc2nccc(-c3ccc(C)nc3)n2)cc1. The molecule has 0 saturated heterocycles. The minimum Gasteiger partial charge on any atom is -0.324 e. The van der Waals surface area contributed by atoms with Crippen LogP contribution in [0, 0.1) is 13.8 Å². The van der Waals surface area contributed by atoms with Crippen LogP contribution in [-0.4, -0.2) is 40.0 Å². The number of benzene rings is 1. The summed E-state index contributed by atoms with van der Waals surface area (Å²) < 4.78 is 0. The summed E-state index contributed by atoms with van der Waals surface area (Å²) in [5, 5.41) is 3.21. The molecule has 0 bridgehead atoms. The van der Waals surface area contributed by atoms with E-state index >= 15 is 0 Å². The van der Waals surface area contributed by atoms with Gasteiger partial charge in [0.25, 0.3) is 0 Å². The van der Waals surface area contributed by atoms with Gasteiger partial charge in [-0.25, -0.2) is 9.97 Å². The Morgan fingerprint density at radius 2 is 1.09 bits per heavy atom. The van der Waals surface area contributed by atoms with Crippen LogP contribution < -0.4 is 5.32 Å². The first-order valence-electron chi connectivity index (χ1n) is 17.0. The minimum absolute atomic E-state index is 0.580. The van der Waals surface area contributed by atoms with Crippen molar-refractivity contribution in [2.75, 3.05) is 25.5 Å². The molecule has 2 aromatic heterocycles. The lowest BCUT2D eigenvalue weighted by molar-refractivity contribution is 0.335. The molecule has 2 heterocycles. The summed E-state index contributed by atoms with van der Waals surface area (Å²) in [7, 11) is 2.17. The fraction of sp³-hybridized carbons (Fsp3) is 0.605. The van der Waals surface area contributed by atoms with Gasteiger partial charge in [0, 0.05) is 29.3 Å². The lowest BCUT2D eigenvalue weighted by Crippen LogP contribution is -2.19. The van der Waals surface area contributed by atoms with Crippen molar-refractivity contribution in [1.29, 1.82) is 0 Å². The average Bonchev–Trinajstić information content (AvgIpc) is 3.04. The second kappa shape index (κ2) is 33.7. The number of unbranched alkanes of at least 4 members (excludes halogenated alkanes) is 3. The average molecular weight is 596 g/mol. The molecule has 0 saturated carbocycles. The number of pyridine rings is 1. The van der Waals surface area contributed by atoms with Crippen LogP contribution in [0.2, 0.25) is 0 Å². The van der Waals surface area contributed by atoms with E-state index in [0.29, 0.717) is 5.95 Å². The number of aryl methyl sites for hydroxylation is 2. The van der Waals surface area contributed by atoms with Crippen LogP contribution in [0.1, 0.15) is 132 Å². The topological polar surface area (TPSA) is 53.9 Å². The van der Waals surface area contributed by atoms with Crippen LogP contribution in [0.5, 0.6) is 0 Å². The summed E-state index contributed by atoms with van der Waals surface area (Å²) in [6.07, 6.45) is 14.0. The standard InChI is InChI=1S/C17H16N4.C7H17N.3C4H10.C2H6/c1-12-3-7-15(8-4-12)20-17-18-10-9-16(21-17)14-6-5-13(2)19-11-14;1-4-6-8(3)7-5-2;3*1-3-4-2;1-2/h3-11H,1-2H3,(H,18,20,21);4-7H2,1-3H3;3*3-4H2,1-2H3;1-2H3. The zero-order valence-corrected chi connectivity index (χ0v) is 30.6. The van der Waals surface area contributed by atoms with Gasteiger partial charge in [-0.05, 0) is 77.2 Å². The highest BCUT2D eigenvalue weighted by molar-refractivity contribution is 5.61. The van der Waals surface area contributed by atoms with Crippen molar-refractivity contribution in [1.82, 2.24) is 19.9 Å². The summed E-state index contributed by atoms with van der Waals surface area (Å²) in [5.41, 5.74) is 5.02. The van der Waals surface area contributed by atoms with Gasteiger partial charge in [0.15, 0.2) is 0 Å². The van der Waals surface area contributed by atoms with Gasteiger partial charge in [-0.15, -0.1) is 0 Å². The van der Waals surface area contributed by atoms with Crippen molar-refractivity contribution in [3.63, 3.8) is 0 Å². The lowest BCUT2D eigenvalue weighted by atomic mass is 10.2. The number of aromatic nitrogens is 3. The normalized spacial score (nSPS) is 9.26. The molecule has 0 aliphatic carbocycles. The molecule has 0 spiro atoms. The molecule has 0 unspecified atom stereocenters. The third-order valence-electron chi connectivity index (χ3n) is 5.88. The highest BCUT2D eigenvalue weighted by Gasteiger charge is 2.03. The molecule has 0 radical (unpaired) electrons. The van der Waals surface area contributed by atoms with E-state index < -0.39 is 0 Å². The van der Waals surface area contributed by atoms with Gasteiger partial charge in [0.2, 0.25) is 5.95 Å². The molecular formula is C38H69N5. The van der Waals surface area contributed by atoms with Gasteiger partial charge in [-0.3, -0.25) is 4.98 Å². The molecule has 1 aromatic carbocycles. The Bertz CT molecular complexity index is 918. The Labute approximate surface area is 268 Å². The molecule has 5 nitrogen and oxygen atoms in total. The molecule has 0 aliphatic rings. The monoisotopic (exact) mass is 596 g/mol. The maximum absolute atomic E-state index is 4.53. The summed E-state index contributed by atoms with van der Waals surface area (Å²) in [6, 6.07) is 14.0. The summed E-state index contributed by atoms with van der Waals surface area (Å²) in [5.74, 6) is 0.580. The highest BCUT2D eigenvalue weighted by atomic mass is 15.1. The molecule has 0 amide bonds. The Morgan fingerprint density at radius 1 is 0.605 bits per heavy atom. The van der Waals surface area contributed by atoms with E-state index in [-0.39, 0.29) is 0 Å². The van der Waals surface area contributed by atoms with E-state index in [9.17, 15) is 0 Å². The Hall–Kier alpha value is -2.79. The maximum Gasteiger partial charge on any atom is 0.227 e. The van der Waals surface area contributed by atoms with Gasteiger partial charge in [-0.2, -0.15) is 0 Å². The summed E-state index contributed by atoms with van der Waals surface area (Å²) in [4.78, 5) is 15.4. The van der Waals surface area contributed by atoms with Gasteiger partial charge in [0.1, 0.15) is 0 Å². The van der Waals surface area contributed by atoms with Crippen LogP contribution in [0.4, 0.5) is 11.6 Å². The van der Waals surface area contributed by atoms with Crippen LogP contribution >= 0.6 is 0 Å². The molecule has 1 N–H and O–H groups in total. The van der Waals surface area contributed by atoms with Crippen molar-refractivity contribution >= 4 is 11.6 Å². The summed E-state index contributed by atoms with van der Waals surface area (Å²) in [6.45, 7) is 28.0. The molecule has 5 heteroatoms. The number of hydrogen-bond donors (Lipinski definition) is 1. The number of nitrogens with zero attached hydrogens (tertiary/aromatic N) is 4. The van der Waals surface area contributed by atoms with Gasteiger partial charge >= 0.3 is 0 Å². The fourth-order valence-corrected chi connectivity index (χ4v) is 2.84. The van der Waals surface area contributed by atoms with Crippen LogP contribution in [0.15, 0.2) is 54.9 Å². The van der Waals surface area contributed by atoms with Crippen molar-refractivity contribution < 1.29 is 0 Å². The number of rotatable bonds is 10. The maximum atomic E-state index is 4.53. The van der Waals surface area contributed by atoms with E-state index in [2.05, 4.69) is 107 Å². The fourth-order valence-electron chi connectivity index (χ4n) is 2.84. The predicted octanol–water partition coefficient (Wildman–Crippen LogP) is 12.1. The molecule has 43 heavy (non-hydrogen) atoms. The van der Waals surface area contributed by atoms with Crippen LogP contribution in [-0.2, 0) is 0 Å². The summed E-state index contributed by atoms with van der Waals surface area (Å²) >= 11 is 0. The first-order valence-corrected chi connectivity index (χ1v) is 17.0.